The van der Waals surface area contributed by atoms with E-state index in [0.29, 0.717) is 6.54 Å². The zero-order valence-electron chi connectivity index (χ0n) is 10.6. The summed E-state index contributed by atoms with van der Waals surface area (Å²) < 4.78 is 28.3. The molecule has 4 N–H and O–H groups in total. The molecule has 1 aliphatic rings. The molecule has 9 nitrogen and oxygen atoms in total. The molecule has 0 saturated heterocycles. The van der Waals surface area contributed by atoms with Gasteiger partial charge in [0.15, 0.2) is 0 Å². The lowest BCUT2D eigenvalue weighted by Gasteiger charge is -2.30. The van der Waals surface area contributed by atoms with Gasteiger partial charge in [-0.2, -0.15) is 0 Å². The van der Waals surface area contributed by atoms with Gasteiger partial charge in [-0.3, -0.25) is 9.13 Å². The molecule has 1 rings (SSSR count). The largest absolute Gasteiger partial charge is 0.465 e. The molecule has 0 aromatic rings. The van der Waals surface area contributed by atoms with Crippen LogP contribution in [0, 0.1) is 0 Å². The van der Waals surface area contributed by atoms with Crippen molar-refractivity contribution in [3.63, 3.8) is 0 Å². The number of hydrogen-bond donors (Lipinski definition) is 4. The Bertz CT molecular complexity index is 432. The maximum atomic E-state index is 11.6. The van der Waals surface area contributed by atoms with Crippen LogP contribution in [0.25, 0.3) is 0 Å². The lowest BCUT2D eigenvalue weighted by Crippen LogP contribution is -2.31. The quantitative estimate of drug-likeness (QED) is 0.538. The van der Waals surface area contributed by atoms with E-state index >= 15 is 0 Å². The summed E-state index contributed by atoms with van der Waals surface area (Å²) in [6.45, 7) is 2.14. The van der Waals surface area contributed by atoms with Gasteiger partial charge in [0.25, 0.3) is 11.0 Å². The van der Waals surface area contributed by atoms with E-state index in [0.717, 1.165) is 0 Å². The van der Waals surface area contributed by atoms with E-state index in [1.165, 1.54) is 4.90 Å². The summed E-state index contributed by atoms with van der Waals surface area (Å²) >= 11 is 0. The predicted molar refractivity (Wildman–Crippen MR) is 67.7 cm³/mol. The molecule has 0 aromatic carbocycles. The van der Waals surface area contributed by atoms with Crippen molar-refractivity contribution in [1.82, 2.24) is 4.90 Å². The third-order valence-corrected chi connectivity index (χ3v) is 6.89. The molecular weight excluding hydrogens is 298 g/mol. The molecule has 1 heterocycles. The zero-order chi connectivity index (χ0) is 14.9. The van der Waals surface area contributed by atoms with Gasteiger partial charge in [0.05, 0.1) is 6.61 Å². The minimum absolute atomic E-state index is 0.168. The van der Waals surface area contributed by atoms with Gasteiger partial charge >= 0.3 is 15.2 Å². The van der Waals surface area contributed by atoms with Crippen molar-refractivity contribution in [2.45, 2.75) is 24.8 Å². The monoisotopic (exact) mass is 316 g/mol. The molecule has 0 atom stereocenters. The van der Waals surface area contributed by atoms with Crippen LogP contribution in [0.2, 0.25) is 0 Å². The Balaban J connectivity index is 3.45. The second-order valence-electron chi connectivity index (χ2n) is 4.21. The lowest BCUT2D eigenvalue weighted by molar-refractivity contribution is 0.260. The summed E-state index contributed by atoms with van der Waals surface area (Å²) in [6.07, 6.45) is -0.241. The van der Waals surface area contributed by atoms with Crippen LogP contribution in [0.15, 0.2) is 4.99 Å². The van der Waals surface area contributed by atoms with E-state index in [9.17, 15) is 28.7 Å². The van der Waals surface area contributed by atoms with Gasteiger partial charge in [-0.05, 0) is 19.8 Å². The molecule has 1 aliphatic heterocycles. The average molecular weight is 316 g/mol. The third-order valence-electron chi connectivity index (χ3n) is 2.81. The first kappa shape index (κ1) is 16.6. The molecule has 112 valence electrons. The number of hydrogen-bond acceptors (Lipinski definition) is 5. The van der Waals surface area contributed by atoms with Gasteiger partial charge in [-0.15, -0.1) is 0 Å². The molecule has 0 unspecified atom stereocenters. The standard InChI is InChI=1S/C8H18N2O7P2/c1-3-17-7-9-8(18(11,12)13,19(14,15)16)5-4-6-10(7)2/h3-6H2,1-2H3,(H2,11,12,13)(H2,14,15,16). The molecule has 0 radical (unpaired) electrons. The number of amidine groups is 1. The smallest absolute Gasteiger partial charge is 0.365 e. The Morgan fingerprint density at radius 3 is 2.26 bits per heavy atom. The van der Waals surface area contributed by atoms with Crippen molar-refractivity contribution >= 4 is 21.2 Å². The molecule has 19 heavy (non-hydrogen) atoms. The maximum absolute atomic E-state index is 11.6. The summed E-state index contributed by atoms with van der Waals surface area (Å²) in [5, 5.41) is -2.75. The van der Waals surface area contributed by atoms with Gasteiger partial charge in [-0.25, -0.2) is 4.99 Å². The van der Waals surface area contributed by atoms with E-state index < -0.39 is 26.6 Å². The zero-order valence-corrected chi connectivity index (χ0v) is 12.4. The first-order valence-corrected chi connectivity index (χ1v) is 8.82. The number of ether oxygens (including phenoxy) is 1. The summed E-state index contributed by atoms with van der Waals surface area (Å²) in [4.78, 5) is 42.5. The van der Waals surface area contributed by atoms with E-state index in [4.69, 9.17) is 4.74 Å². The molecular formula is C8H18N2O7P2. The summed E-state index contributed by atoms with van der Waals surface area (Å²) in [7, 11) is -8.76. The van der Waals surface area contributed by atoms with Crippen LogP contribution in [-0.4, -0.2) is 55.7 Å². The molecule has 0 bridgehead atoms. The van der Waals surface area contributed by atoms with Gasteiger partial charge in [0.2, 0.25) is 0 Å². The molecule has 0 aromatic heterocycles. The summed E-state index contributed by atoms with van der Waals surface area (Å²) in [5.74, 6) is 0. The van der Waals surface area contributed by atoms with Crippen LogP contribution in [0.3, 0.4) is 0 Å². The highest BCUT2D eigenvalue weighted by atomic mass is 31.2. The molecule has 0 saturated carbocycles. The average Bonchev–Trinajstić information content (AvgIpc) is 2.38. The Labute approximate surface area is 110 Å². The molecule has 0 fully saturated rings. The molecule has 11 heteroatoms. The highest BCUT2D eigenvalue weighted by Crippen LogP contribution is 2.72. The molecule has 0 spiro atoms. The van der Waals surface area contributed by atoms with E-state index in [2.05, 4.69) is 4.99 Å². The first-order chi connectivity index (χ1) is 8.55. The minimum Gasteiger partial charge on any atom is -0.465 e. The van der Waals surface area contributed by atoms with Crippen LogP contribution in [0.1, 0.15) is 19.8 Å². The minimum atomic E-state index is -5.17. The van der Waals surface area contributed by atoms with Gasteiger partial charge in [-0.1, -0.05) is 0 Å². The van der Waals surface area contributed by atoms with Crippen molar-refractivity contribution in [2.24, 2.45) is 4.99 Å². The van der Waals surface area contributed by atoms with Crippen LogP contribution in [0.4, 0.5) is 0 Å². The number of aliphatic imine (C=N–C) groups is 1. The lowest BCUT2D eigenvalue weighted by atomic mass is 10.3. The van der Waals surface area contributed by atoms with Crippen molar-refractivity contribution in [3.8, 4) is 0 Å². The van der Waals surface area contributed by atoms with E-state index in [-0.39, 0.29) is 19.0 Å². The first-order valence-electron chi connectivity index (χ1n) is 5.60. The Hall–Kier alpha value is -0.430. The van der Waals surface area contributed by atoms with Crippen LogP contribution in [-0.2, 0) is 13.9 Å². The van der Waals surface area contributed by atoms with Gasteiger partial charge in [0.1, 0.15) is 0 Å². The van der Waals surface area contributed by atoms with Crippen LogP contribution >= 0.6 is 15.2 Å². The Morgan fingerprint density at radius 1 is 1.32 bits per heavy atom. The third kappa shape index (κ3) is 3.18. The summed E-state index contributed by atoms with van der Waals surface area (Å²) in [5.41, 5.74) is 0. The summed E-state index contributed by atoms with van der Waals surface area (Å²) in [6, 6.07) is -0.174. The van der Waals surface area contributed by atoms with Gasteiger partial charge < -0.3 is 29.2 Å². The second kappa shape index (κ2) is 5.52. The van der Waals surface area contributed by atoms with Crippen LogP contribution < -0.4 is 0 Å². The number of nitrogens with zero attached hydrogens (tertiary/aromatic N) is 2. The topological polar surface area (TPSA) is 140 Å². The SMILES string of the molecule is CCOC1=NC(P(=O)(O)O)(P(=O)(O)O)CCCN1C. The normalized spacial score (nSPS) is 20.7. The highest BCUT2D eigenvalue weighted by Gasteiger charge is 2.61. The van der Waals surface area contributed by atoms with Gasteiger partial charge in [0, 0.05) is 13.6 Å². The maximum Gasteiger partial charge on any atom is 0.365 e. The predicted octanol–water partition coefficient (Wildman–Crippen LogP) is 0.114. The second-order valence-corrected chi connectivity index (χ2v) is 8.22. The van der Waals surface area contributed by atoms with Crippen molar-refractivity contribution < 1.29 is 33.4 Å². The Kier molecular flexibility index (Phi) is 4.83. The molecule has 0 aliphatic carbocycles. The van der Waals surface area contributed by atoms with E-state index in [1.807, 2.05) is 0 Å². The number of rotatable bonds is 3. The van der Waals surface area contributed by atoms with Crippen molar-refractivity contribution in [1.29, 1.82) is 0 Å². The fourth-order valence-corrected chi connectivity index (χ4v) is 4.49. The van der Waals surface area contributed by atoms with Crippen molar-refractivity contribution in [2.75, 3.05) is 20.2 Å². The van der Waals surface area contributed by atoms with E-state index in [1.54, 1.807) is 14.0 Å². The Morgan fingerprint density at radius 2 is 1.84 bits per heavy atom. The fourth-order valence-electron chi connectivity index (χ4n) is 1.81. The van der Waals surface area contributed by atoms with Crippen molar-refractivity contribution in [3.05, 3.63) is 0 Å². The van der Waals surface area contributed by atoms with Crippen LogP contribution in [0.5, 0.6) is 0 Å². The highest BCUT2D eigenvalue weighted by molar-refractivity contribution is 7.72. The molecule has 0 amide bonds. The fraction of sp³-hybridized carbons (Fsp3) is 0.875.